The Hall–Kier alpha value is -3.82. The van der Waals surface area contributed by atoms with Gasteiger partial charge in [0.2, 0.25) is 0 Å². The molecule has 0 radical (unpaired) electrons. The Morgan fingerprint density at radius 3 is 1.33 bits per heavy atom. The monoisotopic (exact) mass is 336 g/mol. The fourth-order valence-corrected chi connectivity index (χ4v) is 1.51. The van der Waals surface area contributed by atoms with Crippen LogP contribution in [0, 0.1) is 0 Å². The van der Waals surface area contributed by atoms with E-state index in [1.807, 2.05) is 0 Å². The summed E-state index contributed by atoms with van der Waals surface area (Å²) in [6.45, 7) is 0. The summed E-state index contributed by atoms with van der Waals surface area (Å²) in [5.74, 6) is -5.41. The van der Waals surface area contributed by atoms with Crippen molar-refractivity contribution in [2.45, 2.75) is 0 Å². The van der Waals surface area contributed by atoms with Crippen molar-refractivity contribution in [2.75, 3.05) is 11.5 Å². The number of carboxylic acids is 2. The molecule has 0 unspecified atom stereocenters. The van der Waals surface area contributed by atoms with Gasteiger partial charge in [-0.3, -0.25) is 0 Å². The van der Waals surface area contributed by atoms with Crippen molar-refractivity contribution in [1.82, 2.24) is 0 Å². The van der Waals surface area contributed by atoms with Crippen LogP contribution in [0.25, 0.3) is 0 Å². The third-order valence-electron chi connectivity index (χ3n) is 2.72. The third-order valence-corrected chi connectivity index (χ3v) is 2.72. The Morgan fingerprint density at radius 2 is 1.08 bits per heavy atom. The van der Waals surface area contributed by atoms with Gasteiger partial charge in [0.15, 0.2) is 0 Å². The third kappa shape index (κ3) is 4.10. The lowest BCUT2D eigenvalue weighted by Gasteiger charge is -2.17. The van der Waals surface area contributed by atoms with Gasteiger partial charge in [0.1, 0.15) is 11.5 Å². The van der Waals surface area contributed by atoms with Crippen molar-refractivity contribution >= 4 is 23.3 Å². The maximum absolute atomic E-state index is 11.0. The molecule has 0 atom stereocenters. The summed E-state index contributed by atoms with van der Waals surface area (Å²) in [6.07, 6.45) is 0. The molecule has 2 aromatic rings. The van der Waals surface area contributed by atoms with E-state index in [1.165, 1.54) is 6.07 Å². The standard InChI is InChI=1S/C8H6O6.C6H8N2O2/c9-5-1-3(7(11)12)6(10)2-4(5)8(13)14;7-3-1-4(8)6(10)2-5(3)9/h1-2,9-10H,(H,11,12)(H,13,14);1-2,9-10H,7-8H2/p-2. The van der Waals surface area contributed by atoms with Gasteiger partial charge in [0.05, 0.1) is 22.5 Å². The van der Waals surface area contributed by atoms with Gasteiger partial charge in [-0.15, -0.1) is 0 Å². The Balaban J connectivity index is 0.000000254. The summed E-state index contributed by atoms with van der Waals surface area (Å²) < 4.78 is 0. The first-order valence-electron chi connectivity index (χ1n) is 6.10. The minimum atomic E-state index is -1.55. The number of rotatable bonds is 2. The highest BCUT2D eigenvalue weighted by Gasteiger charge is 2.09. The Morgan fingerprint density at radius 1 is 0.750 bits per heavy atom. The molecule has 0 bridgehead atoms. The van der Waals surface area contributed by atoms with Crippen LogP contribution in [0.5, 0.6) is 23.0 Å². The quantitative estimate of drug-likeness (QED) is 0.234. The molecular formula is C14H12N2O8-2. The van der Waals surface area contributed by atoms with Crippen LogP contribution in [-0.4, -0.2) is 32.4 Å². The first-order valence-corrected chi connectivity index (χ1v) is 6.10. The highest BCUT2D eigenvalue weighted by atomic mass is 16.4. The summed E-state index contributed by atoms with van der Waals surface area (Å²) in [7, 11) is 0. The largest absolute Gasteiger partial charge is 0.872 e. The number of aromatic carboxylic acids is 2. The lowest BCUT2D eigenvalue weighted by Crippen LogP contribution is -2.10. The highest BCUT2D eigenvalue weighted by molar-refractivity contribution is 5.96. The van der Waals surface area contributed by atoms with Gasteiger partial charge in [-0.25, -0.2) is 9.59 Å². The predicted molar refractivity (Wildman–Crippen MR) is 77.8 cm³/mol. The van der Waals surface area contributed by atoms with Crippen LogP contribution >= 0.6 is 0 Å². The molecule has 0 aliphatic rings. The topological polar surface area (TPSA) is 213 Å². The maximum Gasteiger partial charge on any atom is 0.335 e. The van der Waals surface area contributed by atoms with Gasteiger partial charge in [-0.1, -0.05) is 23.6 Å². The van der Waals surface area contributed by atoms with E-state index in [0.29, 0.717) is 12.1 Å². The Bertz CT molecular complexity index is 714. The molecule has 0 heterocycles. The second kappa shape index (κ2) is 6.96. The normalized spacial score (nSPS) is 9.67. The molecule has 24 heavy (non-hydrogen) atoms. The molecule has 0 aromatic heterocycles. The van der Waals surface area contributed by atoms with Gasteiger partial charge >= 0.3 is 11.9 Å². The zero-order valence-electron chi connectivity index (χ0n) is 11.9. The molecule has 0 amide bonds. The summed E-state index contributed by atoms with van der Waals surface area (Å²) in [5, 5.41) is 56.5. The van der Waals surface area contributed by atoms with E-state index in [-0.39, 0.29) is 22.9 Å². The second-order valence-electron chi connectivity index (χ2n) is 4.42. The molecule has 10 heteroatoms. The van der Waals surface area contributed by atoms with E-state index in [2.05, 4.69) is 0 Å². The average molecular weight is 336 g/mol. The maximum atomic E-state index is 11.0. The molecule has 0 spiro atoms. The van der Waals surface area contributed by atoms with Crippen LogP contribution in [0.1, 0.15) is 20.7 Å². The lowest BCUT2D eigenvalue weighted by molar-refractivity contribution is -0.275. The van der Waals surface area contributed by atoms with Gasteiger partial charge in [-0.05, 0) is 6.07 Å². The molecule has 0 saturated heterocycles. The summed E-state index contributed by atoms with van der Waals surface area (Å²) in [5.41, 5.74) is 9.38. The lowest BCUT2D eigenvalue weighted by atomic mass is 10.1. The number of anilines is 2. The Labute approximate surface area is 134 Å². The van der Waals surface area contributed by atoms with Gasteiger partial charge in [0, 0.05) is 6.07 Å². The SMILES string of the molecule is Nc1cc(N)c(O)cc1O.O=C(O)c1cc([O-])c(C(=O)O)cc1[O-]. The fraction of sp³-hybridized carbons (Fsp3) is 0. The smallest absolute Gasteiger partial charge is 0.335 e. The number of phenols is 2. The zero-order valence-corrected chi connectivity index (χ0v) is 11.9. The number of phenolic OH excluding ortho intramolecular Hbond substituents is 2. The number of carbonyl (C=O) groups is 2. The number of carboxylic acid groups (broad SMARTS) is 2. The van der Waals surface area contributed by atoms with Crippen LogP contribution in [0.3, 0.4) is 0 Å². The van der Waals surface area contributed by atoms with E-state index < -0.39 is 34.6 Å². The molecule has 0 saturated carbocycles. The van der Waals surface area contributed by atoms with Crippen molar-refractivity contribution in [3.05, 3.63) is 35.4 Å². The van der Waals surface area contributed by atoms with Crippen molar-refractivity contribution in [2.24, 2.45) is 0 Å². The van der Waals surface area contributed by atoms with E-state index in [1.54, 1.807) is 0 Å². The molecule has 0 fully saturated rings. The molecule has 2 rings (SSSR count). The summed E-state index contributed by atoms with van der Waals surface area (Å²) in [6, 6.07) is 3.41. The Kier molecular flexibility index (Phi) is 5.29. The number of benzene rings is 2. The van der Waals surface area contributed by atoms with Gasteiger partial charge in [0.25, 0.3) is 0 Å². The van der Waals surface area contributed by atoms with Crippen LogP contribution in [0.15, 0.2) is 24.3 Å². The van der Waals surface area contributed by atoms with Crippen LogP contribution in [-0.2, 0) is 0 Å². The number of aromatic hydroxyl groups is 2. The van der Waals surface area contributed by atoms with Crippen LogP contribution in [0.2, 0.25) is 0 Å². The molecule has 8 N–H and O–H groups in total. The molecule has 10 nitrogen and oxygen atoms in total. The summed E-state index contributed by atoms with van der Waals surface area (Å²) >= 11 is 0. The average Bonchev–Trinajstić information content (AvgIpc) is 2.47. The second-order valence-corrected chi connectivity index (χ2v) is 4.42. The van der Waals surface area contributed by atoms with Crippen LogP contribution < -0.4 is 21.7 Å². The van der Waals surface area contributed by atoms with E-state index >= 15 is 0 Å². The van der Waals surface area contributed by atoms with Crippen LogP contribution in [0.4, 0.5) is 11.4 Å². The minimum Gasteiger partial charge on any atom is -0.872 e. The number of hydrogen-bond donors (Lipinski definition) is 6. The van der Waals surface area contributed by atoms with Crippen molar-refractivity contribution < 1.29 is 40.2 Å². The van der Waals surface area contributed by atoms with E-state index in [9.17, 15) is 19.8 Å². The van der Waals surface area contributed by atoms with Gasteiger partial charge in [-0.2, -0.15) is 0 Å². The highest BCUT2D eigenvalue weighted by Crippen LogP contribution is 2.30. The van der Waals surface area contributed by atoms with Crippen molar-refractivity contribution in [3.8, 4) is 23.0 Å². The number of nitrogens with two attached hydrogens (primary N) is 2. The molecule has 0 aliphatic carbocycles. The zero-order chi connectivity index (χ0) is 18.6. The number of nitrogen functional groups attached to an aromatic ring is 2. The molecular weight excluding hydrogens is 324 g/mol. The van der Waals surface area contributed by atoms with E-state index in [4.69, 9.17) is 31.9 Å². The minimum absolute atomic E-state index is 0.160. The molecule has 128 valence electrons. The fourth-order valence-electron chi connectivity index (χ4n) is 1.51. The van der Waals surface area contributed by atoms with Crippen molar-refractivity contribution in [3.63, 3.8) is 0 Å². The van der Waals surface area contributed by atoms with E-state index in [0.717, 1.165) is 6.07 Å². The number of hydrogen-bond acceptors (Lipinski definition) is 8. The predicted octanol–water partition coefficient (Wildman–Crippen LogP) is -0.508. The van der Waals surface area contributed by atoms with Gasteiger partial charge < -0.3 is 42.1 Å². The molecule has 0 aliphatic heterocycles. The van der Waals surface area contributed by atoms with Crippen molar-refractivity contribution in [1.29, 1.82) is 0 Å². The molecule has 2 aromatic carbocycles. The first-order chi connectivity index (χ1) is 11.0. The first kappa shape index (κ1) is 18.2. The summed E-state index contributed by atoms with van der Waals surface area (Å²) in [4.78, 5) is 20.7.